The maximum absolute atomic E-state index is 14.1. The lowest BCUT2D eigenvalue weighted by Gasteiger charge is -2.59. The summed E-state index contributed by atoms with van der Waals surface area (Å²) in [5.74, 6) is -1.18. The van der Waals surface area contributed by atoms with Gasteiger partial charge in [-0.05, 0) is 74.3 Å². The quantitative estimate of drug-likeness (QED) is 0.0333. The topological polar surface area (TPSA) is 192 Å². The molecule has 1 fully saturated rings. The number of ether oxygens (including phenoxy) is 5. The number of amides is 1. The fourth-order valence-corrected chi connectivity index (χ4v) is 8.64. The molecule has 0 saturated heterocycles. The van der Waals surface area contributed by atoms with E-state index in [-0.39, 0.29) is 88.5 Å². The number of aliphatic hydroxyl groups is 3. The molecule has 0 bridgehead atoms. The lowest BCUT2D eigenvalue weighted by Crippen LogP contribution is -2.70. The van der Waals surface area contributed by atoms with E-state index in [1.54, 1.807) is 30.3 Å². The van der Waals surface area contributed by atoms with Crippen molar-refractivity contribution in [2.45, 2.75) is 69.6 Å². The maximum atomic E-state index is 14.1. The summed E-state index contributed by atoms with van der Waals surface area (Å²) in [4.78, 5) is 32.5. The third-order valence-corrected chi connectivity index (χ3v) is 11.0. The average Bonchev–Trinajstić information content (AvgIpc) is 3.23. The molecule has 15 nitrogen and oxygen atoms in total. The van der Waals surface area contributed by atoms with E-state index in [1.807, 2.05) is 13.0 Å². The molecule has 3 aliphatic rings. The lowest BCUT2D eigenvalue weighted by molar-refractivity contribution is -0.384. The SMILES string of the molecule is C=CCOC12Oc3ccc(Oc4cccc([N+](=O)[O-])c4)cc3C3C(CCCCO)C(CCCCO)C=C(C(=NOCC)CC1N(CCOCCO)C(=O)OCCCl)C32. The molecule has 6 unspecified atom stereocenters. The van der Waals surface area contributed by atoms with Gasteiger partial charge in [-0.1, -0.05) is 36.2 Å². The highest BCUT2D eigenvalue weighted by Crippen LogP contribution is 2.62. The van der Waals surface area contributed by atoms with E-state index in [9.17, 15) is 30.2 Å². The van der Waals surface area contributed by atoms with Gasteiger partial charge in [0.15, 0.2) is 0 Å². The van der Waals surface area contributed by atoms with E-state index >= 15 is 0 Å². The molecule has 1 aliphatic heterocycles. The van der Waals surface area contributed by atoms with Crippen molar-refractivity contribution < 1.29 is 53.6 Å². The van der Waals surface area contributed by atoms with Crippen molar-refractivity contribution in [1.29, 1.82) is 0 Å². The first-order valence-electron chi connectivity index (χ1n) is 20.1. The third-order valence-electron chi connectivity index (χ3n) is 10.8. The molecule has 0 radical (unpaired) electrons. The normalized spacial score (nSPS) is 23.8. The Morgan fingerprint density at radius 3 is 2.55 bits per heavy atom. The molecule has 16 heteroatoms. The number of non-ortho nitro benzene ring substituents is 1. The van der Waals surface area contributed by atoms with Crippen LogP contribution in [0.4, 0.5) is 10.5 Å². The highest BCUT2D eigenvalue weighted by molar-refractivity contribution is 6.18. The van der Waals surface area contributed by atoms with Crippen molar-refractivity contribution >= 4 is 29.1 Å². The summed E-state index contributed by atoms with van der Waals surface area (Å²) in [6.07, 6.45) is 7.57. The minimum atomic E-state index is -1.53. The number of nitrogens with zero attached hydrogens (tertiary/aromatic N) is 3. The standard InChI is InChI=1S/C42H56ClN3O12/c1-3-21-55-42-38(45(17-23-53-24-20-49)41(50)54-22-16-43)28-36(44-56-4-2)34-25-29(10-5-7-18-47)33(13-6-8-19-48)39(40(34)42)35-27-32(14-15-37(35)58-42)57-31-12-9-11-30(26-31)46(51)52/h3,9,11-12,14-15,25-27,29,33,38-40,47-49H,1,4-8,10,13,16-24,28H2,2H3. The van der Waals surface area contributed by atoms with Crippen LogP contribution < -0.4 is 9.47 Å². The number of halogens is 1. The van der Waals surface area contributed by atoms with E-state index in [1.165, 1.54) is 17.0 Å². The molecule has 1 heterocycles. The number of hydrogen-bond donors (Lipinski definition) is 3. The van der Waals surface area contributed by atoms with Crippen molar-refractivity contribution in [3.8, 4) is 17.2 Å². The van der Waals surface area contributed by atoms with Gasteiger partial charge in [-0.2, -0.15) is 0 Å². The number of carbonyl (C=O) groups is 1. The van der Waals surface area contributed by atoms with Crippen LogP contribution in [0, 0.1) is 27.9 Å². The smallest absolute Gasteiger partial charge is 0.410 e. The van der Waals surface area contributed by atoms with Crippen molar-refractivity contribution in [3.05, 3.63) is 82.4 Å². The van der Waals surface area contributed by atoms with Crippen LogP contribution in [0.25, 0.3) is 0 Å². The van der Waals surface area contributed by atoms with Gasteiger partial charge in [-0.3, -0.25) is 15.0 Å². The molecule has 5 rings (SSSR count). The van der Waals surface area contributed by atoms with Gasteiger partial charge in [0.25, 0.3) is 5.69 Å². The number of unbranched alkanes of at least 4 members (excludes halogenated alkanes) is 2. The molecule has 0 aromatic heterocycles. The fraction of sp³-hybridized carbons (Fsp3) is 0.571. The molecule has 58 heavy (non-hydrogen) atoms. The van der Waals surface area contributed by atoms with Crippen molar-refractivity contribution in [2.75, 3.05) is 65.3 Å². The molecule has 2 aliphatic carbocycles. The van der Waals surface area contributed by atoms with Crippen molar-refractivity contribution in [1.82, 2.24) is 4.90 Å². The van der Waals surface area contributed by atoms with Crippen LogP contribution in [-0.2, 0) is 19.0 Å². The summed E-state index contributed by atoms with van der Waals surface area (Å²) < 4.78 is 31.7. The minimum absolute atomic E-state index is 0.00550. The molecule has 1 saturated carbocycles. The number of rotatable bonds is 24. The van der Waals surface area contributed by atoms with E-state index in [2.05, 4.69) is 17.8 Å². The van der Waals surface area contributed by atoms with Crippen LogP contribution in [0.3, 0.4) is 0 Å². The summed E-state index contributed by atoms with van der Waals surface area (Å²) in [6.45, 7) is 6.21. The molecule has 1 amide bonds. The third kappa shape index (κ3) is 10.5. The number of oxime groups is 1. The number of allylic oxidation sites excluding steroid dienone is 1. The second-order valence-electron chi connectivity index (χ2n) is 14.4. The first-order chi connectivity index (χ1) is 28.3. The summed E-state index contributed by atoms with van der Waals surface area (Å²) in [6, 6.07) is 10.6. The van der Waals surface area contributed by atoms with Crippen molar-refractivity contribution in [3.63, 3.8) is 0 Å². The van der Waals surface area contributed by atoms with Crippen LogP contribution in [0.5, 0.6) is 17.2 Å². The Bertz CT molecular complexity index is 1740. The fourth-order valence-electron chi connectivity index (χ4n) is 8.56. The first kappa shape index (κ1) is 44.8. The monoisotopic (exact) mass is 829 g/mol. The highest BCUT2D eigenvalue weighted by atomic mass is 35.5. The van der Waals surface area contributed by atoms with Crippen LogP contribution in [0.2, 0.25) is 0 Å². The van der Waals surface area contributed by atoms with Crippen LogP contribution >= 0.6 is 11.6 Å². The van der Waals surface area contributed by atoms with Crippen LogP contribution in [0.15, 0.2) is 71.9 Å². The van der Waals surface area contributed by atoms with Gasteiger partial charge in [0, 0.05) is 43.7 Å². The number of alkyl halides is 1. The number of nitro benzene ring substituents is 1. The number of benzene rings is 2. The van der Waals surface area contributed by atoms with Gasteiger partial charge in [0.05, 0.1) is 54.9 Å². The predicted octanol–water partition coefficient (Wildman–Crippen LogP) is 6.73. The Labute approximate surface area is 344 Å². The van der Waals surface area contributed by atoms with Gasteiger partial charge >= 0.3 is 6.09 Å². The summed E-state index contributed by atoms with van der Waals surface area (Å²) in [7, 11) is 0. The largest absolute Gasteiger partial charge is 0.459 e. The maximum Gasteiger partial charge on any atom is 0.410 e. The zero-order chi connectivity index (χ0) is 41.5. The van der Waals surface area contributed by atoms with E-state index in [4.69, 9.17) is 40.1 Å². The molecule has 6 atom stereocenters. The molecule has 0 spiro atoms. The number of hydrogen-bond acceptors (Lipinski definition) is 13. The number of aliphatic hydroxyl groups excluding tert-OH is 3. The van der Waals surface area contributed by atoms with Gasteiger partial charge < -0.3 is 43.8 Å². The highest BCUT2D eigenvalue weighted by Gasteiger charge is 2.65. The van der Waals surface area contributed by atoms with E-state index in [0.717, 1.165) is 36.8 Å². The number of nitro groups is 1. The van der Waals surface area contributed by atoms with Gasteiger partial charge in [-0.15, -0.1) is 18.2 Å². The van der Waals surface area contributed by atoms with Crippen molar-refractivity contribution in [2.24, 2.45) is 22.9 Å². The first-order valence-corrected chi connectivity index (χ1v) is 20.6. The molecule has 2 aromatic carbocycles. The van der Waals surface area contributed by atoms with Crippen LogP contribution in [-0.4, -0.2) is 114 Å². The lowest BCUT2D eigenvalue weighted by atomic mass is 9.55. The molecule has 318 valence electrons. The zero-order valence-corrected chi connectivity index (χ0v) is 33.8. The summed E-state index contributed by atoms with van der Waals surface area (Å²) in [5, 5.41) is 45.4. The van der Waals surface area contributed by atoms with Gasteiger partial charge in [0.1, 0.15) is 36.5 Å². The van der Waals surface area contributed by atoms with E-state index in [0.29, 0.717) is 42.4 Å². The second-order valence-corrected chi connectivity index (χ2v) is 14.8. The Morgan fingerprint density at radius 2 is 1.84 bits per heavy atom. The molecular weight excluding hydrogens is 774 g/mol. The molecule has 2 aromatic rings. The van der Waals surface area contributed by atoms with Gasteiger partial charge in [0.2, 0.25) is 5.79 Å². The van der Waals surface area contributed by atoms with Gasteiger partial charge in [-0.25, -0.2) is 4.79 Å². The molecule has 3 N–H and O–H groups in total. The predicted molar refractivity (Wildman–Crippen MR) is 216 cm³/mol. The second kappa shape index (κ2) is 22.2. The Balaban J connectivity index is 1.76. The van der Waals surface area contributed by atoms with E-state index < -0.39 is 28.8 Å². The minimum Gasteiger partial charge on any atom is -0.459 e. The average molecular weight is 830 g/mol. The Hall–Kier alpha value is -4.25. The zero-order valence-electron chi connectivity index (χ0n) is 33.0. The molecular formula is C42H56ClN3O12. The Morgan fingerprint density at radius 1 is 1.07 bits per heavy atom. The summed E-state index contributed by atoms with van der Waals surface area (Å²) in [5.41, 5.74) is 2.18. The van der Waals surface area contributed by atoms with Crippen LogP contribution in [0.1, 0.15) is 63.4 Å². The Kier molecular flexibility index (Phi) is 17.2. The number of carbonyl (C=O) groups excluding carboxylic acids is 1. The number of fused-ring (bicyclic) bond motifs is 2. The summed E-state index contributed by atoms with van der Waals surface area (Å²) >= 11 is 5.98.